The summed E-state index contributed by atoms with van der Waals surface area (Å²) in [6, 6.07) is 0. The van der Waals surface area contributed by atoms with E-state index in [1.807, 2.05) is 19.6 Å². The number of nitrogens with one attached hydrogen (secondary N) is 1. The molecule has 2 rings (SSSR count). The lowest BCUT2D eigenvalue weighted by Crippen LogP contribution is -2.39. The van der Waals surface area contributed by atoms with Gasteiger partial charge in [-0.05, 0) is 27.2 Å². The SMILES string of the molecule is Cn1cncc1C1OCCC1CNC(C)(C)C. The Hall–Kier alpha value is -0.870. The number of nitrogens with zero attached hydrogens (tertiary/aromatic N) is 2. The number of hydrogen-bond acceptors (Lipinski definition) is 3. The molecule has 0 bridgehead atoms. The van der Waals surface area contributed by atoms with Crippen molar-refractivity contribution in [1.82, 2.24) is 14.9 Å². The van der Waals surface area contributed by atoms with Gasteiger partial charge in [-0.2, -0.15) is 0 Å². The highest BCUT2D eigenvalue weighted by atomic mass is 16.5. The second-order valence-corrected chi connectivity index (χ2v) is 5.90. The highest BCUT2D eigenvalue weighted by Crippen LogP contribution is 2.33. The Morgan fingerprint density at radius 2 is 2.29 bits per heavy atom. The van der Waals surface area contributed by atoms with Crippen molar-refractivity contribution in [3.63, 3.8) is 0 Å². The molecule has 0 spiro atoms. The van der Waals surface area contributed by atoms with Crippen molar-refractivity contribution in [3.8, 4) is 0 Å². The molecule has 1 aromatic rings. The molecule has 1 aromatic heterocycles. The molecule has 1 fully saturated rings. The van der Waals surface area contributed by atoms with Gasteiger partial charge < -0.3 is 14.6 Å². The van der Waals surface area contributed by atoms with E-state index in [4.69, 9.17) is 4.74 Å². The third kappa shape index (κ3) is 3.07. The standard InChI is InChI=1S/C13H23N3O/c1-13(2,3)15-7-10-5-6-17-12(10)11-8-14-9-16(11)4/h8-10,12,15H,5-7H2,1-4H3. The van der Waals surface area contributed by atoms with Crippen LogP contribution in [0.4, 0.5) is 0 Å². The minimum Gasteiger partial charge on any atom is -0.372 e. The summed E-state index contributed by atoms with van der Waals surface area (Å²) in [7, 11) is 2.03. The van der Waals surface area contributed by atoms with Gasteiger partial charge in [-0.1, -0.05) is 0 Å². The van der Waals surface area contributed by atoms with Gasteiger partial charge in [0, 0.05) is 31.7 Å². The average molecular weight is 237 g/mol. The molecular formula is C13H23N3O. The van der Waals surface area contributed by atoms with Gasteiger partial charge in [0.2, 0.25) is 0 Å². The normalized spacial score (nSPS) is 25.4. The van der Waals surface area contributed by atoms with Crippen molar-refractivity contribution < 1.29 is 4.74 Å². The predicted molar refractivity (Wildman–Crippen MR) is 67.8 cm³/mol. The molecule has 1 aliphatic heterocycles. The Bertz CT molecular complexity index is 367. The van der Waals surface area contributed by atoms with Gasteiger partial charge in [-0.3, -0.25) is 0 Å². The second kappa shape index (κ2) is 4.78. The van der Waals surface area contributed by atoms with Crippen LogP contribution in [0.15, 0.2) is 12.5 Å². The van der Waals surface area contributed by atoms with Gasteiger partial charge >= 0.3 is 0 Å². The number of ether oxygens (including phenoxy) is 1. The number of hydrogen-bond donors (Lipinski definition) is 1. The van der Waals surface area contributed by atoms with Gasteiger partial charge in [0.15, 0.2) is 0 Å². The first-order valence-corrected chi connectivity index (χ1v) is 6.30. The average Bonchev–Trinajstić information content (AvgIpc) is 2.81. The number of rotatable bonds is 3. The number of imidazole rings is 1. The second-order valence-electron chi connectivity index (χ2n) is 5.90. The largest absolute Gasteiger partial charge is 0.372 e. The van der Waals surface area contributed by atoms with Crippen LogP contribution >= 0.6 is 0 Å². The monoisotopic (exact) mass is 237 g/mol. The molecule has 1 saturated heterocycles. The Labute approximate surface area is 103 Å². The fourth-order valence-corrected chi connectivity index (χ4v) is 2.25. The molecule has 2 unspecified atom stereocenters. The van der Waals surface area contributed by atoms with E-state index in [0.29, 0.717) is 5.92 Å². The smallest absolute Gasteiger partial charge is 0.103 e. The Kier molecular flexibility index (Phi) is 3.54. The molecule has 17 heavy (non-hydrogen) atoms. The summed E-state index contributed by atoms with van der Waals surface area (Å²) < 4.78 is 7.91. The van der Waals surface area contributed by atoms with Crippen LogP contribution in [0.2, 0.25) is 0 Å². The van der Waals surface area contributed by atoms with E-state index in [0.717, 1.165) is 19.6 Å². The summed E-state index contributed by atoms with van der Waals surface area (Å²) in [5.41, 5.74) is 1.35. The first kappa shape index (κ1) is 12.6. The molecule has 96 valence electrons. The van der Waals surface area contributed by atoms with E-state index < -0.39 is 0 Å². The van der Waals surface area contributed by atoms with Crippen LogP contribution < -0.4 is 5.32 Å². The lowest BCUT2D eigenvalue weighted by Gasteiger charge is -2.25. The summed E-state index contributed by atoms with van der Waals surface area (Å²) in [4.78, 5) is 4.17. The fourth-order valence-electron chi connectivity index (χ4n) is 2.25. The Morgan fingerprint density at radius 1 is 1.53 bits per heavy atom. The summed E-state index contributed by atoms with van der Waals surface area (Å²) in [5, 5.41) is 3.57. The van der Waals surface area contributed by atoms with Gasteiger partial charge in [0.05, 0.1) is 18.2 Å². The molecule has 0 saturated carbocycles. The van der Waals surface area contributed by atoms with Gasteiger partial charge in [-0.15, -0.1) is 0 Å². The van der Waals surface area contributed by atoms with Crippen molar-refractivity contribution in [1.29, 1.82) is 0 Å². The van der Waals surface area contributed by atoms with Crippen LogP contribution in [0, 0.1) is 5.92 Å². The quantitative estimate of drug-likeness (QED) is 0.872. The van der Waals surface area contributed by atoms with Crippen LogP contribution in [-0.4, -0.2) is 28.2 Å². The van der Waals surface area contributed by atoms with Gasteiger partial charge in [0.1, 0.15) is 6.10 Å². The highest BCUT2D eigenvalue weighted by molar-refractivity contribution is 5.06. The first-order chi connectivity index (χ1) is 7.97. The zero-order chi connectivity index (χ0) is 12.5. The lowest BCUT2D eigenvalue weighted by atomic mass is 9.97. The Balaban J connectivity index is 2.01. The molecule has 2 atom stereocenters. The number of aryl methyl sites for hydroxylation is 1. The van der Waals surface area contributed by atoms with E-state index in [1.54, 1.807) is 0 Å². The topological polar surface area (TPSA) is 39.1 Å². The van der Waals surface area contributed by atoms with Crippen LogP contribution in [0.25, 0.3) is 0 Å². The van der Waals surface area contributed by atoms with E-state index in [1.165, 1.54) is 5.69 Å². The third-order valence-electron chi connectivity index (χ3n) is 3.25. The van der Waals surface area contributed by atoms with Crippen molar-refractivity contribution >= 4 is 0 Å². The number of aromatic nitrogens is 2. The van der Waals surface area contributed by atoms with Crippen molar-refractivity contribution in [2.24, 2.45) is 13.0 Å². The fraction of sp³-hybridized carbons (Fsp3) is 0.769. The van der Waals surface area contributed by atoms with Gasteiger partial charge in [-0.25, -0.2) is 4.98 Å². The minimum atomic E-state index is 0.166. The molecule has 4 nitrogen and oxygen atoms in total. The molecule has 0 aliphatic carbocycles. The van der Waals surface area contributed by atoms with E-state index in [9.17, 15) is 0 Å². The minimum absolute atomic E-state index is 0.166. The predicted octanol–water partition coefficient (Wildman–Crippen LogP) is 1.89. The van der Waals surface area contributed by atoms with Crippen LogP contribution in [0.5, 0.6) is 0 Å². The maximum Gasteiger partial charge on any atom is 0.103 e. The summed E-state index contributed by atoms with van der Waals surface area (Å²) in [5.74, 6) is 0.546. The Morgan fingerprint density at radius 3 is 2.88 bits per heavy atom. The first-order valence-electron chi connectivity index (χ1n) is 6.30. The molecule has 0 radical (unpaired) electrons. The lowest BCUT2D eigenvalue weighted by molar-refractivity contribution is 0.0832. The van der Waals surface area contributed by atoms with E-state index >= 15 is 0 Å². The summed E-state index contributed by atoms with van der Waals surface area (Å²) in [6.07, 6.45) is 5.07. The summed E-state index contributed by atoms with van der Waals surface area (Å²) >= 11 is 0. The van der Waals surface area contributed by atoms with Crippen molar-refractivity contribution in [3.05, 3.63) is 18.2 Å². The molecule has 0 amide bonds. The zero-order valence-corrected chi connectivity index (χ0v) is 11.2. The molecule has 1 N–H and O–H groups in total. The zero-order valence-electron chi connectivity index (χ0n) is 11.2. The molecular weight excluding hydrogens is 214 g/mol. The molecule has 4 heteroatoms. The maximum absolute atomic E-state index is 5.86. The summed E-state index contributed by atoms with van der Waals surface area (Å²) in [6.45, 7) is 8.44. The van der Waals surface area contributed by atoms with E-state index in [2.05, 4.69) is 35.6 Å². The van der Waals surface area contributed by atoms with Crippen molar-refractivity contribution in [2.45, 2.75) is 38.8 Å². The third-order valence-corrected chi connectivity index (χ3v) is 3.25. The van der Waals surface area contributed by atoms with Crippen LogP contribution in [0.1, 0.15) is 39.0 Å². The molecule has 0 aromatic carbocycles. The highest BCUT2D eigenvalue weighted by Gasteiger charge is 2.31. The maximum atomic E-state index is 5.86. The van der Waals surface area contributed by atoms with Crippen LogP contribution in [-0.2, 0) is 11.8 Å². The van der Waals surface area contributed by atoms with Crippen LogP contribution in [0.3, 0.4) is 0 Å². The molecule has 1 aliphatic rings. The molecule has 2 heterocycles. The van der Waals surface area contributed by atoms with Gasteiger partial charge in [0.25, 0.3) is 0 Å². The van der Waals surface area contributed by atoms with E-state index in [-0.39, 0.29) is 11.6 Å². The van der Waals surface area contributed by atoms with Crippen molar-refractivity contribution in [2.75, 3.05) is 13.2 Å².